The zero-order chi connectivity index (χ0) is 31.7. The van der Waals surface area contributed by atoms with Crippen molar-refractivity contribution >= 4 is 6.08 Å². The van der Waals surface area contributed by atoms with Crippen LogP contribution in [0.5, 0.6) is 0 Å². The number of fused-ring (bicyclic) bond motifs is 4. The van der Waals surface area contributed by atoms with Gasteiger partial charge in [0.1, 0.15) is 0 Å². The van der Waals surface area contributed by atoms with Gasteiger partial charge in [0, 0.05) is 17.3 Å². The van der Waals surface area contributed by atoms with E-state index in [9.17, 15) is 0 Å². The van der Waals surface area contributed by atoms with Gasteiger partial charge in [-0.15, -0.1) is 0 Å². The van der Waals surface area contributed by atoms with Crippen LogP contribution in [0, 0.1) is 6.92 Å². The van der Waals surface area contributed by atoms with E-state index in [2.05, 4.69) is 177 Å². The van der Waals surface area contributed by atoms with Gasteiger partial charge in [-0.3, -0.25) is 0 Å². The molecule has 1 unspecified atom stereocenters. The Morgan fingerprint density at radius 3 is 1.40 bits per heavy atom. The summed E-state index contributed by atoms with van der Waals surface area (Å²) in [5.74, 6) is 0.272. The molecule has 0 aromatic heterocycles. The Morgan fingerprint density at radius 1 is 0.444 bits per heavy atom. The minimum Gasteiger partial charge on any atom is -0.0639 e. The third kappa shape index (κ3) is 4.64. The van der Waals surface area contributed by atoms with Gasteiger partial charge in [-0.25, -0.2) is 0 Å². The van der Waals surface area contributed by atoms with E-state index < -0.39 is 5.41 Å². The van der Waals surface area contributed by atoms with Gasteiger partial charge in [0.2, 0.25) is 0 Å². The van der Waals surface area contributed by atoms with Gasteiger partial charge in [-0.05, 0) is 80.3 Å². The van der Waals surface area contributed by atoms with Crippen molar-refractivity contribution in [3.63, 3.8) is 0 Å². The summed E-state index contributed by atoms with van der Waals surface area (Å²) >= 11 is 0. The third-order valence-electron chi connectivity index (χ3n) is 10.6. The molecule has 5 aromatic rings. The van der Waals surface area contributed by atoms with Crippen molar-refractivity contribution in [1.29, 1.82) is 0 Å². The summed E-state index contributed by atoms with van der Waals surface area (Å²) in [6.45, 7) is 18.7. The van der Waals surface area contributed by atoms with Crippen molar-refractivity contribution in [3.05, 3.63) is 171 Å². The molecule has 0 nitrogen and oxygen atoms in total. The Labute approximate surface area is 270 Å². The number of allylic oxidation sites excluding steroid dienone is 1. The Kier molecular flexibility index (Phi) is 6.86. The molecule has 0 fully saturated rings. The quantitative estimate of drug-likeness (QED) is 0.196. The molecule has 0 aliphatic heterocycles. The Morgan fingerprint density at radius 2 is 0.933 bits per heavy atom. The van der Waals surface area contributed by atoms with Crippen LogP contribution in [0.4, 0.5) is 0 Å². The molecular formula is C45H46. The Hall–Kier alpha value is -4.16. The SMILES string of the molecule is CC1=Cc2ccc(C)cc2C1C(c1ccccc1)(c1ccccc1)C1c2cc(C(C)(C)C)ccc2-c2ccc(C(C)(C)C)cc21. The zero-order valence-corrected chi connectivity index (χ0v) is 28.2. The second kappa shape index (κ2) is 10.4. The maximum absolute atomic E-state index is 2.56. The van der Waals surface area contributed by atoms with Crippen molar-refractivity contribution in [1.82, 2.24) is 0 Å². The summed E-state index contributed by atoms with van der Waals surface area (Å²) in [5, 5.41) is 0. The summed E-state index contributed by atoms with van der Waals surface area (Å²) in [7, 11) is 0. The van der Waals surface area contributed by atoms with Crippen molar-refractivity contribution in [2.24, 2.45) is 0 Å². The first-order chi connectivity index (χ1) is 21.4. The topological polar surface area (TPSA) is 0 Å². The third-order valence-corrected chi connectivity index (χ3v) is 10.6. The standard InChI is InChI=1S/C45H46/c1-29-19-20-31-26-30(2)41(38(31)25-29)45(32-15-11-9-12-16-32,33-17-13-10-14-18-33)42-39-27-34(43(3,4)5)21-23-36(39)37-24-22-35(28-40(37)42)44(6,7)8/h9-28,41-42H,1-8H3. The zero-order valence-electron chi connectivity index (χ0n) is 28.2. The van der Waals surface area contributed by atoms with Crippen LogP contribution in [-0.2, 0) is 16.2 Å². The highest BCUT2D eigenvalue weighted by Crippen LogP contribution is 2.64. The molecule has 0 radical (unpaired) electrons. The van der Waals surface area contributed by atoms with E-state index in [1.165, 1.54) is 66.8 Å². The number of benzene rings is 5. The molecule has 7 rings (SSSR count). The Bertz CT molecular complexity index is 1820. The van der Waals surface area contributed by atoms with Crippen LogP contribution in [0.2, 0.25) is 0 Å². The first kappa shape index (κ1) is 29.5. The second-order valence-electron chi connectivity index (χ2n) is 15.6. The lowest BCUT2D eigenvalue weighted by Crippen LogP contribution is -2.41. The van der Waals surface area contributed by atoms with Gasteiger partial charge in [-0.2, -0.15) is 0 Å². The van der Waals surface area contributed by atoms with Crippen LogP contribution >= 0.6 is 0 Å². The van der Waals surface area contributed by atoms with E-state index in [0.29, 0.717) is 0 Å². The number of rotatable bonds is 4. The van der Waals surface area contributed by atoms with Crippen LogP contribution in [-0.4, -0.2) is 0 Å². The molecule has 226 valence electrons. The van der Waals surface area contributed by atoms with Crippen LogP contribution < -0.4 is 0 Å². The lowest BCUT2D eigenvalue weighted by molar-refractivity contribution is 0.404. The molecule has 0 heterocycles. The molecule has 0 bridgehead atoms. The van der Waals surface area contributed by atoms with Crippen molar-refractivity contribution in [2.75, 3.05) is 0 Å². The van der Waals surface area contributed by atoms with E-state index >= 15 is 0 Å². The van der Waals surface area contributed by atoms with E-state index in [-0.39, 0.29) is 22.7 Å². The molecule has 2 aliphatic rings. The molecule has 0 spiro atoms. The fraction of sp³-hybridized carbons (Fsp3) is 0.289. The lowest BCUT2D eigenvalue weighted by atomic mass is 9.54. The molecule has 1 atom stereocenters. The molecule has 0 saturated carbocycles. The first-order valence-corrected chi connectivity index (χ1v) is 16.6. The van der Waals surface area contributed by atoms with Crippen molar-refractivity contribution in [3.8, 4) is 11.1 Å². The summed E-state index contributed by atoms with van der Waals surface area (Å²) in [6, 6.07) is 44.6. The molecule has 45 heavy (non-hydrogen) atoms. The van der Waals surface area contributed by atoms with E-state index in [1.807, 2.05) is 0 Å². The number of aryl methyl sites for hydroxylation is 1. The molecule has 0 heteroatoms. The molecule has 0 amide bonds. The maximum Gasteiger partial charge on any atom is 0.0418 e. The fourth-order valence-corrected chi connectivity index (χ4v) is 8.37. The number of hydrogen-bond donors (Lipinski definition) is 0. The minimum absolute atomic E-state index is 0.0416. The van der Waals surface area contributed by atoms with Gasteiger partial charge in [0.25, 0.3) is 0 Å². The smallest absolute Gasteiger partial charge is 0.0418 e. The average Bonchev–Trinajstić information content (AvgIpc) is 3.52. The maximum atomic E-state index is 2.56. The highest BCUT2D eigenvalue weighted by atomic mass is 14.6. The van der Waals surface area contributed by atoms with Gasteiger partial charge < -0.3 is 0 Å². The predicted octanol–water partition coefficient (Wildman–Crippen LogP) is 11.9. The molecule has 0 N–H and O–H groups in total. The molecule has 2 aliphatic carbocycles. The van der Waals surface area contributed by atoms with Gasteiger partial charge in [0.05, 0.1) is 0 Å². The summed E-state index contributed by atoms with van der Waals surface area (Å²) < 4.78 is 0. The normalized spacial score (nSPS) is 16.3. The predicted molar refractivity (Wildman–Crippen MR) is 192 cm³/mol. The van der Waals surface area contributed by atoms with Crippen LogP contribution in [0.1, 0.15) is 110 Å². The second-order valence-corrected chi connectivity index (χ2v) is 15.6. The monoisotopic (exact) mass is 586 g/mol. The van der Waals surface area contributed by atoms with Crippen molar-refractivity contribution < 1.29 is 0 Å². The van der Waals surface area contributed by atoms with Crippen LogP contribution in [0.25, 0.3) is 17.2 Å². The fourth-order valence-electron chi connectivity index (χ4n) is 8.37. The van der Waals surface area contributed by atoms with Crippen LogP contribution in [0.15, 0.2) is 121 Å². The van der Waals surface area contributed by atoms with Gasteiger partial charge >= 0.3 is 0 Å². The lowest BCUT2D eigenvalue weighted by Gasteiger charge is -2.47. The van der Waals surface area contributed by atoms with E-state index in [0.717, 1.165) is 0 Å². The first-order valence-electron chi connectivity index (χ1n) is 16.6. The highest BCUT2D eigenvalue weighted by molar-refractivity contribution is 5.83. The Balaban J connectivity index is 1.67. The number of hydrogen-bond acceptors (Lipinski definition) is 0. The highest BCUT2D eigenvalue weighted by Gasteiger charge is 2.55. The summed E-state index contributed by atoms with van der Waals surface area (Å²) in [6.07, 6.45) is 2.45. The molecular weight excluding hydrogens is 540 g/mol. The molecule has 5 aromatic carbocycles. The van der Waals surface area contributed by atoms with Gasteiger partial charge in [0.15, 0.2) is 0 Å². The van der Waals surface area contributed by atoms with Gasteiger partial charge in [-0.1, -0.05) is 174 Å². The average molecular weight is 587 g/mol. The minimum atomic E-state index is -0.394. The van der Waals surface area contributed by atoms with Crippen LogP contribution in [0.3, 0.4) is 0 Å². The molecule has 0 saturated heterocycles. The summed E-state index contributed by atoms with van der Waals surface area (Å²) in [5.41, 5.74) is 16.4. The van der Waals surface area contributed by atoms with E-state index in [1.54, 1.807) is 0 Å². The largest absolute Gasteiger partial charge is 0.0639 e. The van der Waals surface area contributed by atoms with Crippen molar-refractivity contribution in [2.45, 2.75) is 83.5 Å². The van der Waals surface area contributed by atoms with E-state index in [4.69, 9.17) is 0 Å². The summed E-state index contributed by atoms with van der Waals surface area (Å²) in [4.78, 5) is 0.